The van der Waals surface area contributed by atoms with Gasteiger partial charge in [0.25, 0.3) is 5.91 Å². The molecule has 0 aliphatic carbocycles. The van der Waals surface area contributed by atoms with Gasteiger partial charge in [-0.3, -0.25) is 14.4 Å². The van der Waals surface area contributed by atoms with Crippen molar-refractivity contribution in [1.29, 1.82) is 0 Å². The second-order valence-electron chi connectivity index (χ2n) is 4.28. The lowest BCUT2D eigenvalue weighted by Crippen LogP contribution is -2.20. The average molecular weight is 261 g/mol. The summed E-state index contributed by atoms with van der Waals surface area (Å²) < 4.78 is 0. The molecule has 100 valence electrons. The van der Waals surface area contributed by atoms with Crippen molar-refractivity contribution in [2.45, 2.75) is 19.4 Å². The Hall–Kier alpha value is -2.37. The number of anilines is 1. The number of benzene rings is 1. The minimum Gasteiger partial charge on any atom is -0.359 e. The normalized spacial score (nSPS) is 12.6. The molecule has 0 atom stereocenters. The monoisotopic (exact) mass is 261 g/mol. The molecule has 19 heavy (non-hydrogen) atoms. The van der Waals surface area contributed by atoms with Gasteiger partial charge in [-0.05, 0) is 23.8 Å². The summed E-state index contributed by atoms with van der Waals surface area (Å²) in [6.07, 6.45) is 0.293. The fourth-order valence-electron chi connectivity index (χ4n) is 1.89. The lowest BCUT2D eigenvalue weighted by molar-refractivity contribution is -0.124. The predicted octanol–water partition coefficient (Wildman–Crippen LogP) is 0.395. The van der Waals surface area contributed by atoms with Crippen LogP contribution in [-0.2, 0) is 16.1 Å². The maximum atomic E-state index is 11.6. The molecule has 0 saturated heterocycles. The van der Waals surface area contributed by atoms with Crippen molar-refractivity contribution in [2.75, 3.05) is 12.4 Å². The number of nitrogens with one attached hydrogen (secondary N) is 3. The van der Waals surface area contributed by atoms with Gasteiger partial charge in [0.15, 0.2) is 0 Å². The zero-order valence-corrected chi connectivity index (χ0v) is 10.6. The highest BCUT2D eigenvalue weighted by atomic mass is 16.2. The number of rotatable bonds is 4. The van der Waals surface area contributed by atoms with Gasteiger partial charge in [0.1, 0.15) is 0 Å². The molecule has 0 fully saturated rings. The number of carbonyl (C=O) groups excluding carboxylic acids is 3. The van der Waals surface area contributed by atoms with Crippen LogP contribution in [0.4, 0.5) is 5.69 Å². The summed E-state index contributed by atoms with van der Waals surface area (Å²) >= 11 is 0. The molecule has 6 nitrogen and oxygen atoms in total. The van der Waals surface area contributed by atoms with Crippen LogP contribution < -0.4 is 16.0 Å². The zero-order valence-electron chi connectivity index (χ0n) is 10.6. The molecule has 1 aliphatic rings. The minimum atomic E-state index is -0.221. The van der Waals surface area contributed by atoms with Gasteiger partial charge in [-0.2, -0.15) is 0 Å². The third kappa shape index (κ3) is 3.09. The molecular weight excluding hydrogens is 246 g/mol. The van der Waals surface area contributed by atoms with Crippen molar-refractivity contribution in [3.63, 3.8) is 0 Å². The van der Waals surface area contributed by atoms with Crippen LogP contribution in [-0.4, -0.2) is 24.8 Å². The van der Waals surface area contributed by atoms with E-state index in [-0.39, 0.29) is 30.6 Å². The molecule has 0 bridgehead atoms. The van der Waals surface area contributed by atoms with E-state index in [9.17, 15) is 14.4 Å². The molecule has 1 aromatic carbocycles. The molecule has 3 amide bonds. The molecule has 0 spiro atoms. The first kappa shape index (κ1) is 13.1. The summed E-state index contributed by atoms with van der Waals surface area (Å²) in [5, 5.41) is 7.87. The fourth-order valence-corrected chi connectivity index (χ4v) is 1.89. The number of carbonyl (C=O) groups is 3. The standard InChI is InChI=1S/C13H15N3O3/c1-14-11(17)4-5-12(18)16-9-2-3-10-8(6-9)7-15-13(10)19/h2-3,6H,4-5,7H2,1H3,(H,14,17)(H,15,19)(H,16,18). The summed E-state index contributed by atoms with van der Waals surface area (Å²) in [5.74, 6) is -0.479. The highest BCUT2D eigenvalue weighted by Gasteiger charge is 2.18. The van der Waals surface area contributed by atoms with Crippen molar-refractivity contribution in [3.8, 4) is 0 Å². The third-order valence-electron chi connectivity index (χ3n) is 2.93. The quantitative estimate of drug-likeness (QED) is 0.733. The van der Waals surface area contributed by atoms with Gasteiger partial charge in [0.2, 0.25) is 11.8 Å². The Morgan fingerprint density at radius 3 is 2.74 bits per heavy atom. The Morgan fingerprint density at radius 2 is 2.00 bits per heavy atom. The van der Waals surface area contributed by atoms with Gasteiger partial charge >= 0.3 is 0 Å². The van der Waals surface area contributed by atoms with Gasteiger partial charge < -0.3 is 16.0 Å². The molecule has 2 rings (SSSR count). The first-order valence-corrected chi connectivity index (χ1v) is 6.01. The van der Waals surface area contributed by atoms with E-state index in [1.807, 2.05) is 0 Å². The topological polar surface area (TPSA) is 87.3 Å². The van der Waals surface area contributed by atoms with Crippen molar-refractivity contribution in [1.82, 2.24) is 10.6 Å². The van der Waals surface area contributed by atoms with Gasteiger partial charge in [-0.15, -0.1) is 0 Å². The van der Waals surface area contributed by atoms with Crippen molar-refractivity contribution < 1.29 is 14.4 Å². The molecule has 0 radical (unpaired) electrons. The van der Waals surface area contributed by atoms with Crippen LogP contribution in [0, 0.1) is 0 Å². The smallest absolute Gasteiger partial charge is 0.251 e. The van der Waals surface area contributed by atoms with E-state index in [1.54, 1.807) is 18.2 Å². The average Bonchev–Trinajstić information content (AvgIpc) is 2.77. The fraction of sp³-hybridized carbons (Fsp3) is 0.308. The van der Waals surface area contributed by atoms with Gasteiger partial charge in [0, 0.05) is 37.7 Å². The first-order chi connectivity index (χ1) is 9.10. The zero-order chi connectivity index (χ0) is 13.8. The van der Waals surface area contributed by atoms with Crippen LogP contribution >= 0.6 is 0 Å². The number of hydrogen-bond acceptors (Lipinski definition) is 3. The van der Waals surface area contributed by atoms with E-state index in [0.29, 0.717) is 17.8 Å². The van der Waals surface area contributed by atoms with E-state index >= 15 is 0 Å². The first-order valence-electron chi connectivity index (χ1n) is 6.01. The SMILES string of the molecule is CNC(=O)CCC(=O)Nc1ccc2c(c1)CNC2=O. The maximum absolute atomic E-state index is 11.6. The van der Waals surface area contributed by atoms with Crippen LogP contribution in [0.15, 0.2) is 18.2 Å². The van der Waals surface area contributed by atoms with Gasteiger partial charge in [-0.1, -0.05) is 0 Å². The number of hydrogen-bond donors (Lipinski definition) is 3. The van der Waals surface area contributed by atoms with Gasteiger partial charge in [0.05, 0.1) is 0 Å². The summed E-state index contributed by atoms with van der Waals surface area (Å²) in [6, 6.07) is 5.14. The van der Waals surface area contributed by atoms with Crippen LogP contribution in [0.3, 0.4) is 0 Å². The summed E-state index contributed by atoms with van der Waals surface area (Å²) in [6.45, 7) is 0.482. The van der Waals surface area contributed by atoms with Crippen LogP contribution in [0.25, 0.3) is 0 Å². The summed E-state index contributed by atoms with van der Waals surface area (Å²) in [4.78, 5) is 34.0. The molecule has 3 N–H and O–H groups in total. The van der Waals surface area contributed by atoms with Gasteiger partial charge in [-0.25, -0.2) is 0 Å². The van der Waals surface area contributed by atoms with Crippen LogP contribution in [0.2, 0.25) is 0 Å². The molecule has 1 heterocycles. The van der Waals surface area contributed by atoms with Crippen molar-refractivity contribution in [2.24, 2.45) is 0 Å². The molecule has 1 aromatic rings. The maximum Gasteiger partial charge on any atom is 0.251 e. The Bertz CT molecular complexity index is 540. The predicted molar refractivity (Wildman–Crippen MR) is 69.5 cm³/mol. The molecule has 0 saturated carbocycles. The van der Waals surface area contributed by atoms with Crippen molar-refractivity contribution in [3.05, 3.63) is 29.3 Å². The van der Waals surface area contributed by atoms with E-state index in [2.05, 4.69) is 16.0 Å². The lowest BCUT2D eigenvalue weighted by atomic mass is 10.1. The van der Waals surface area contributed by atoms with E-state index in [4.69, 9.17) is 0 Å². The van der Waals surface area contributed by atoms with E-state index < -0.39 is 0 Å². The number of fused-ring (bicyclic) bond motifs is 1. The molecule has 0 unspecified atom stereocenters. The minimum absolute atomic E-state index is 0.0903. The lowest BCUT2D eigenvalue weighted by Gasteiger charge is -2.06. The highest BCUT2D eigenvalue weighted by molar-refractivity contribution is 5.99. The highest BCUT2D eigenvalue weighted by Crippen LogP contribution is 2.20. The van der Waals surface area contributed by atoms with Crippen LogP contribution in [0.1, 0.15) is 28.8 Å². The Kier molecular flexibility index (Phi) is 3.79. The molecule has 6 heteroatoms. The Morgan fingerprint density at radius 1 is 1.26 bits per heavy atom. The van der Waals surface area contributed by atoms with Crippen molar-refractivity contribution >= 4 is 23.4 Å². The second-order valence-corrected chi connectivity index (χ2v) is 4.28. The Balaban J connectivity index is 1.95. The molecule has 0 aromatic heterocycles. The van der Waals surface area contributed by atoms with Crippen LogP contribution in [0.5, 0.6) is 0 Å². The summed E-state index contributed by atoms with van der Waals surface area (Å²) in [7, 11) is 1.53. The second kappa shape index (κ2) is 5.51. The van der Waals surface area contributed by atoms with E-state index in [0.717, 1.165) is 5.56 Å². The third-order valence-corrected chi connectivity index (χ3v) is 2.93. The number of amides is 3. The molecular formula is C13H15N3O3. The summed E-state index contributed by atoms with van der Waals surface area (Å²) in [5.41, 5.74) is 2.15. The van der Waals surface area contributed by atoms with E-state index in [1.165, 1.54) is 7.05 Å². The largest absolute Gasteiger partial charge is 0.359 e. The molecule has 1 aliphatic heterocycles. The Labute approximate surface area is 110 Å².